The summed E-state index contributed by atoms with van der Waals surface area (Å²) in [4.78, 5) is 11.9. The predicted octanol–water partition coefficient (Wildman–Crippen LogP) is 1.20. The molecule has 5 nitrogen and oxygen atoms in total. The molecule has 3 N–H and O–H groups in total. The van der Waals surface area contributed by atoms with Crippen LogP contribution in [0.5, 0.6) is 0 Å². The molecule has 1 aliphatic carbocycles. The fourth-order valence-electron chi connectivity index (χ4n) is 3.10. The zero-order valence-corrected chi connectivity index (χ0v) is 12.5. The lowest BCUT2D eigenvalue weighted by molar-refractivity contribution is -0.132. The highest BCUT2D eigenvalue weighted by molar-refractivity contribution is 5.80. The number of rotatable bonds is 6. The number of amides is 1. The van der Waals surface area contributed by atoms with Crippen LogP contribution in [0.2, 0.25) is 0 Å². The van der Waals surface area contributed by atoms with Crippen LogP contribution >= 0.6 is 0 Å². The standard InChI is InChI=1S/C15H28N2O3/c1-11-4-2-3-5-13(11)19-9-8-17-15(18)14-7-6-12(10-16)20-14/h11-14H,2-10,16H2,1H3,(H,17,18)/t11?,12-,13?,14+/m1/s1. The van der Waals surface area contributed by atoms with Crippen molar-refractivity contribution in [2.75, 3.05) is 19.7 Å². The summed E-state index contributed by atoms with van der Waals surface area (Å²) in [6.07, 6.45) is 6.73. The highest BCUT2D eigenvalue weighted by Gasteiger charge is 2.29. The van der Waals surface area contributed by atoms with E-state index in [1.54, 1.807) is 0 Å². The first-order chi connectivity index (χ1) is 9.70. The Morgan fingerprint density at radius 1 is 1.30 bits per heavy atom. The first-order valence-corrected chi connectivity index (χ1v) is 7.95. The smallest absolute Gasteiger partial charge is 0.249 e. The van der Waals surface area contributed by atoms with Gasteiger partial charge < -0.3 is 20.5 Å². The molecule has 2 rings (SSSR count). The number of ether oxygens (including phenoxy) is 2. The molecule has 1 saturated carbocycles. The van der Waals surface area contributed by atoms with Crippen LogP contribution in [-0.2, 0) is 14.3 Å². The van der Waals surface area contributed by atoms with Gasteiger partial charge >= 0.3 is 0 Å². The largest absolute Gasteiger partial charge is 0.376 e. The topological polar surface area (TPSA) is 73.6 Å². The average molecular weight is 284 g/mol. The second-order valence-electron chi connectivity index (χ2n) is 6.02. The zero-order chi connectivity index (χ0) is 14.4. The van der Waals surface area contributed by atoms with E-state index in [0.717, 1.165) is 19.3 Å². The lowest BCUT2D eigenvalue weighted by atomic mass is 9.88. The molecule has 0 spiro atoms. The van der Waals surface area contributed by atoms with E-state index in [2.05, 4.69) is 12.2 Å². The third-order valence-corrected chi connectivity index (χ3v) is 4.43. The number of hydrogen-bond acceptors (Lipinski definition) is 4. The summed E-state index contributed by atoms with van der Waals surface area (Å²) in [6, 6.07) is 0. The Kier molecular flexibility index (Phi) is 6.26. The number of nitrogens with one attached hydrogen (secondary N) is 1. The van der Waals surface area contributed by atoms with Crippen LogP contribution in [0.25, 0.3) is 0 Å². The van der Waals surface area contributed by atoms with Crippen LogP contribution in [0, 0.1) is 5.92 Å². The fraction of sp³-hybridized carbons (Fsp3) is 0.933. The second kappa shape index (κ2) is 7.96. The first kappa shape index (κ1) is 15.7. The number of hydrogen-bond donors (Lipinski definition) is 2. The van der Waals surface area contributed by atoms with Crippen molar-refractivity contribution in [3.8, 4) is 0 Å². The molecule has 1 saturated heterocycles. The van der Waals surface area contributed by atoms with Gasteiger partial charge in [0.1, 0.15) is 6.10 Å². The molecule has 0 aromatic rings. The maximum absolute atomic E-state index is 11.9. The van der Waals surface area contributed by atoms with Crippen molar-refractivity contribution >= 4 is 5.91 Å². The Morgan fingerprint density at radius 2 is 2.10 bits per heavy atom. The van der Waals surface area contributed by atoms with E-state index in [4.69, 9.17) is 15.2 Å². The summed E-state index contributed by atoms with van der Waals surface area (Å²) < 4.78 is 11.4. The van der Waals surface area contributed by atoms with Gasteiger partial charge in [-0.3, -0.25) is 4.79 Å². The van der Waals surface area contributed by atoms with Gasteiger partial charge in [0.05, 0.1) is 18.8 Å². The molecular weight excluding hydrogens is 256 g/mol. The van der Waals surface area contributed by atoms with Crippen LogP contribution < -0.4 is 11.1 Å². The number of nitrogens with two attached hydrogens (primary N) is 1. The van der Waals surface area contributed by atoms with Gasteiger partial charge in [0, 0.05) is 13.1 Å². The summed E-state index contributed by atoms with van der Waals surface area (Å²) in [5, 5.41) is 2.89. The van der Waals surface area contributed by atoms with E-state index in [0.29, 0.717) is 31.7 Å². The fourth-order valence-corrected chi connectivity index (χ4v) is 3.10. The van der Waals surface area contributed by atoms with Crippen molar-refractivity contribution in [2.24, 2.45) is 11.7 Å². The molecule has 1 aliphatic heterocycles. The maximum Gasteiger partial charge on any atom is 0.249 e. The van der Waals surface area contributed by atoms with Crippen molar-refractivity contribution < 1.29 is 14.3 Å². The lowest BCUT2D eigenvalue weighted by Crippen LogP contribution is -2.38. The van der Waals surface area contributed by atoms with Crippen molar-refractivity contribution in [1.29, 1.82) is 0 Å². The molecule has 0 radical (unpaired) electrons. The first-order valence-electron chi connectivity index (χ1n) is 7.95. The molecule has 5 heteroatoms. The summed E-state index contributed by atoms with van der Waals surface area (Å²) in [7, 11) is 0. The van der Waals surface area contributed by atoms with E-state index in [1.807, 2.05) is 0 Å². The Balaban J connectivity index is 1.57. The maximum atomic E-state index is 11.9. The Bertz CT molecular complexity index is 311. The van der Waals surface area contributed by atoms with E-state index in [-0.39, 0.29) is 18.1 Å². The zero-order valence-electron chi connectivity index (χ0n) is 12.5. The van der Waals surface area contributed by atoms with Crippen molar-refractivity contribution in [1.82, 2.24) is 5.32 Å². The average Bonchev–Trinajstić information content (AvgIpc) is 2.94. The quantitative estimate of drug-likeness (QED) is 0.719. The number of carbonyl (C=O) groups excluding carboxylic acids is 1. The third kappa shape index (κ3) is 4.43. The minimum Gasteiger partial charge on any atom is -0.376 e. The Hall–Kier alpha value is -0.650. The lowest BCUT2D eigenvalue weighted by Gasteiger charge is -2.28. The highest BCUT2D eigenvalue weighted by Crippen LogP contribution is 2.26. The molecule has 1 heterocycles. The molecule has 0 aromatic carbocycles. The third-order valence-electron chi connectivity index (χ3n) is 4.43. The minimum atomic E-state index is -0.322. The SMILES string of the molecule is CC1CCCCC1OCCNC(=O)[C@@H]1CC[C@H](CN)O1. The van der Waals surface area contributed by atoms with Crippen LogP contribution in [-0.4, -0.2) is 43.9 Å². The van der Waals surface area contributed by atoms with Gasteiger partial charge in [-0.1, -0.05) is 19.8 Å². The molecule has 116 valence electrons. The predicted molar refractivity (Wildman–Crippen MR) is 77.3 cm³/mol. The summed E-state index contributed by atoms with van der Waals surface area (Å²) in [5.74, 6) is 0.615. The minimum absolute atomic E-state index is 0.0266. The van der Waals surface area contributed by atoms with E-state index < -0.39 is 0 Å². The molecule has 20 heavy (non-hydrogen) atoms. The van der Waals surface area contributed by atoms with Crippen LogP contribution in [0.15, 0.2) is 0 Å². The second-order valence-corrected chi connectivity index (χ2v) is 6.02. The van der Waals surface area contributed by atoms with Gasteiger partial charge in [-0.2, -0.15) is 0 Å². The molecule has 0 bridgehead atoms. The summed E-state index contributed by atoms with van der Waals surface area (Å²) in [6.45, 7) is 3.90. The van der Waals surface area contributed by atoms with Gasteiger partial charge in [-0.05, 0) is 31.6 Å². The van der Waals surface area contributed by atoms with Gasteiger partial charge in [-0.15, -0.1) is 0 Å². The van der Waals surface area contributed by atoms with Gasteiger partial charge in [-0.25, -0.2) is 0 Å². The van der Waals surface area contributed by atoms with Gasteiger partial charge in [0.15, 0.2) is 0 Å². The van der Waals surface area contributed by atoms with E-state index in [9.17, 15) is 4.79 Å². The van der Waals surface area contributed by atoms with Crippen LogP contribution in [0.3, 0.4) is 0 Å². The summed E-state index contributed by atoms with van der Waals surface area (Å²) in [5.41, 5.74) is 5.54. The van der Waals surface area contributed by atoms with E-state index >= 15 is 0 Å². The molecule has 2 aliphatic rings. The van der Waals surface area contributed by atoms with Gasteiger partial charge in [0.25, 0.3) is 0 Å². The number of carbonyl (C=O) groups is 1. The molecule has 1 amide bonds. The van der Waals surface area contributed by atoms with Crippen LogP contribution in [0.1, 0.15) is 45.4 Å². The monoisotopic (exact) mass is 284 g/mol. The Morgan fingerprint density at radius 3 is 2.80 bits per heavy atom. The van der Waals surface area contributed by atoms with Crippen LogP contribution in [0.4, 0.5) is 0 Å². The molecule has 2 unspecified atom stereocenters. The molecular formula is C15H28N2O3. The van der Waals surface area contributed by atoms with E-state index in [1.165, 1.54) is 19.3 Å². The molecule has 2 fully saturated rings. The van der Waals surface area contributed by atoms with Crippen molar-refractivity contribution in [3.63, 3.8) is 0 Å². The normalized spacial score (nSPS) is 34.1. The summed E-state index contributed by atoms with van der Waals surface area (Å²) >= 11 is 0. The highest BCUT2D eigenvalue weighted by atomic mass is 16.5. The van der Waals surface area contributed by atoms with Crippen molar-refractivity contribution in [2.45, 2.75) is 63.8 Å². The molecule has 4 atom stereocenters. The van der Waals surface area contributed by atoms with Gasteiger partial charge in [0.2, 0.25) is 5.91 Å². The molecule has 0 aromatic heterocycles. The van der Waals surface area contributed by atoms with Crippen molar-refractivity contribution in [3.05, 3.63) is 0 Å². The Labute approximate surface area is 121 Å².